The molecule has 2 aromatic carbocycles. The van der Waals surface area contributed by atoms with E-state index in [4.69, 9.17) is 23.2 Å². The quantitative estimate of drug-likeness (QED) is 0.711. The van der Waals surface area contributed by atoms with Crippen molar-refractivity contribution in [2.75, 3.05) is 5.32 Å². The molecule has 1 unspecified atom stereocenters. The minimum Gasteiger partial charge on any atom is -0.377 e. The van der Waals surface area contributed by atoms with Gasteiger partial charge >= 0.3 is 0 Å². The zero-order valence-corrected chi connectivity index (χ0v) is 13.2. The number of benzene rings is 2. The van der Waals surface area contributed by atoms with E-state index in [2.05, 4.69) is 39.4 Å². The molecule has 0 fully saturated rings. The maximum atomic E-state index is 6.21. The third kappa shape index (κ3) is 2.76. The van der Waals surface area contributed by atoms with Crippen molar-refractivity contribution in [1.29, 1.82) is 0 Å². The molecule has 0 aliphatic heterocycles. The molecule has 0 saturated carbocycles. The van der Waals surface area contributed by atoms with Gasteiger partial charge in [-0.2, -0.15) is 0 Å². The Labute approximate surface area is 131 Å². The Morgan fingerprint density at radius 1 is 1.11 bits per heavy atom. The fraction of sp³-hybridized carbons (Fsp3) is 0.200. The van der Waals surface area contributed by atoms with Crippen molar-refractivity contribution in [3.05, 3.63) is 62.0 Å². The van der Waals surface area contributed by atoms with Crippen LogP contribution in [0.5, 0.6) is 0 Å². The van der Waals surface area contributed by atoms with E-state index in [1.165, 1.54) is 11.1 Å². The van der Waals surface area contributed by atoms with E-state index in [-0.39, 0.29) is 0 Å². The number of halogens is 3. The van der Waals surface area contributed by atoms with Gasteiger partial charge in [-0.05, 0) is 54.3 Å². The monoisotopic (exact) mass is 355 g/mol. The van der Waals surface area contributed by atoms with Gasteiger partial charge in [0.25, 0.3) is 0 Å². The van der Waals surface area contributed by atoms with Crippen LogP contribution in [0.1, 0.15) is 23.6 Å². The van der Waals surface area contributed by atoms with Crippen LogP contribution in [0.4, 0.5) is 5.69 Å². The summed E-state index contributed by atoms with van der Waals surface area (Å²) in [4.78, 5) is 0. The molecule has 1 nitrogen and oxygen atoms in total. The Bertz CT molecular complexity index is 628. The minimum atomic E-state index is 0.321. The van der Waals surface area contributed by atoms with Crippen LogP contribution in [0.3, 0.4) is 0 Å². The molecule has 0 saturated heterocycles. The Hall–Kier alpha value is -0.700. The smallest absolute Gasteiger partial charge is 0.0652 e. The highest BCUT2D eigenvalue weighted by Crippen LogP contribution is 2.37. The van der Waals surface area contributed by atoms with E-state index >= 15 is 0 Å². The summed E-state index contributed by atoms with van der Waals surface area (Å²) in [7, 11) is 0. The van der Waals surface area contributed by atoms with E-state index in [1.807, 2.05) is 12.1 Å². The molecule has 98 valence electrons. The van der Waals surface area contributed by atoms with Crippen molar-refractivity contribution in [3.8, 4) is 0 Å². The van der Waals surface area contributed by atoms with Crippen LogP contribution in [-0.4, -0.2) is 0 Å². The number of anilines is 1. The van der Waals surface area contributed by atoms with Crippen molar-refractivity contribution in [2.45, 2.75) is 18.9 Å². The van der Waals surface area contributed by atoms with Gasteiger partial charge in [-0.25, -0.2) is 0 Å². The van der Waals surface area contributed by atoms with Gasteiger partial charge in [0.15, 0.2) is 0 Å². The fourth-order valence-corrected chi connectivity index (χ4v) is 3.40. The number of fused-ring (bicyclic) bond motifs is 1. The predicted octanol–water partition coefficient (Wildman–Crippen LogP) is 5.86. The van der Waals surface area contributed by atoms with E-state index in [1.54, 1.807) is 6.07 Å². The first-order valence-corrected chi connectivity index (χ1v) is 7.68. The Morgan fingerprint density at radius 2 is 1.95 bits per heavy atom. The van der Waals surface area contributed by atoms with E-state index < -0.39 is 0 Å². The molecule has 0 bridgehead atoms. The molecule has 1 aliphatic carbocycles. The molecule has 3 rings (SSSR count). The summed E-state index contributed by atoms with van der Waals surface area (Å²) in [6.45, 7) is 0. The molecule has 0 amide bonds. The molecule has 4 heteroatoms. The number of nitrogens with one attached hydrogen (secondary N) is 1. The van der Waals surface area contributed by atoms with Gasteiger partial charge < -0.3 is 5.32 Å². The summed E-state index contributed by atoms with van der Waals surface area (Å²) in [5.41, 5.74) is 3.69. The van der Waals surface area contributed by atoms with Crippen molar-refractivity contribution >= 4 is 44.8 Å². The van der Waals surface area contributed by atoms with Gasteiger partial charge in [0.2, 0.25) is 0 Å². The Kier molecular flexibility index (Phi) is 3.75. The molecular weight excluding hydrogens is 345 g/mol. The molecule has 0 radical (unpaired) electrons. The number of rotatable bonds is 2. The lowest BCUT2D eigenvalue weighted by molar-refractivity contribution is 0.762. The zero-order chi connectivity index (χ0) is 13.4. The van der Waals surface area contributed by atoms with Crippen LogP contribution >= 0.6 is 39.1 Å². The van der Waals surface area contributed by atoms with E-state index in [9.17, 15) is 0 Å². The van der Waals surface area contributed by atoms with E-state index in [0.29, 0.717) is 16.1 Å². The van der Waals surface area contributed by atoms with Gasteiger partial charge in [-0.1, -0.05) is 45.2 Å². The average Bonchev–Trinajstić information content (AvgIpc) is 2.75. The number of hydrogen-bond donors (Lipinski definition) is 1. The first-order valence-electron chi connectivity index (χ1n) is 6.13. The second-order valence-electron chi connectivity index (χ2n) is 4.70. The Morgan fingerprint density at radius 3 is 2.74 bits per heavy atom. The largest absolute Gasteiger partial charge is 0.377 e. The first kappa shape index (κ1) is 13.3. The molecule has 1 N–H and O–H groups in total. The molecule has 2 aromatic rings. The van der Waals surface area contributed by atoms with Crippen LogP contribution in [0, 0.1) is 0 Å². The summed E-state index contributed by atoms with van der Waals surface area (Å²) in [5.74, 6) is 0. The van der Waals surface area contributed by atoms with E-state index in [0.717, 1.165) is 23.0 Å². The van der Waals surface area contributed by atoms with Crippen LogP contribution < -0.4 is 5.32 Å². The maximum Gasteiger partial charge on any atom is 0.0652 e. The average molecular weight is 357 g/mol. The third-order valence-electron chi connectivity index (χ3n) is 3.44. The van der Waals surface area contributed by atoms with Crippen LogP contribution in [0.25, 0.3) is 0 Å². The van der Waals surface area contributed by atoms with Crippen molar-refractivity contribution in [3.63, 3.8) is 0 Å². The van der Waals surface area contributed by atoms with Gasteiger partial charge in [-0.3, -0.25) is 0 Å². The highest BCUT2D eigenvalue weighted by Gasteiger charge is 2.22. The van der Waals surface area contributed by atoms with Gasteiger partial charge in [0, 0.05) is 9.50 Å². The molecule has 19 heavy (non-hydrogen) atoms. The van der Waals surface area contributed by atoms with Crippen molar-refractivity contribution in [1.82, 2.24) is 0 Å². The van der Waals surface area contributed by atoms with Crippen molar-refractivity contribution in [2.24, 2.45) is 0 Å². The molecular formula is C15H12BrCl2N. The first-order chi connectivity index (χ1) is 9.13. The van der Waals surface area contributed by atoms with Crippen LogP contribution in [0.2, 0.25) is 10.0 Å². The lowest BCUT2D eigenvalue weighted by Crippen LogP contribution is -2.07. The summed E-state index contributed by atoms with van der Waals surface area (Å²) < 4.78 is 1.14. The fourth-order valence-electron chi connectivity index (χ4n) is 2.53. The maximum absolute atomic E-state index is 6.21. The second kappa shape index (κ2) is 5.35. The van der Waals surface area contributed by atoms with Crippen molar-refractivity contribution < 1.29 is 0 Å². The summed E-state index contributed by atoms with van der Waals surface area (Å²) >= 11 is 15.6. The van der Waals surface area contributed by atoms with Crippen LogP contribution in [-0.2, 0) is 6.42 Å². The normalized spacial score (nSPS) is 17.3. The molecule has 0 spiro atoms. The lowest BCUT2D eigenvalue weighted by Gasteiger charge is -2.17. The number of aryl methyl sites for hydroxylation is 1. The topological polar surface area (TPSA) is 12.0 Å². The molecule has 0 aromatic heterocycles. The second-order valence-corrected chi connectivity index (χ2v) is 6.46. The summed E-state index contributed by atoms with van der Waals surface area (Å²) in [6, 6.07) is 12.3. The standard InChI is InChI=1S/C15H12BrCl2N/c16-10-2-4-12-9(7-10)1-5-14(12)19-15-6-3-11(17)8-13(15)18/h2-4,6-8,14,19H,1,5H2. The number of hydrogen-bond acceptors (Lipinski definition) is 1. The SMILES string of the molecule is Clc1ccc(NC2CCc3cc(Br)ccc32)c(Cl)c1. The zero-order valence-electron chi connectivity index (χ0n) is 10.1. The molecule has 1 atom stereocenters. The summed E-state index contributed by atoms with van der Waals surface area (Å²) in [5, 5.41) is 4.83. The van der Waals surface area contributed by atoms with Crippen LogP contribution in [0.15, 0.2) is 40.9 Å². The Balaban J connectivity index is 1.86. The predicted molar refractivity (Wildman–Crippen MR) is 85.3 cm³/mol. The van der Waals surface area contributed by atoms with Gasteiger partial charge in [-0.15, -0.1) is 0 Å². The minimum absolute atomic E-state index is 0.321. The summed E-state index contributed by atoms with van der Waals surface area (Å²) in [6.07, 6.45) is 2.18. The van der Waals surface area contributed by atoms with Gasteiger partial charge in [0.05, 0.1) is 16.8 Å². The highest BCUT2D eigenvalue weighted by molar-refractivity contribution is 9.10. The highest BCUT2D eigenvalue weighted by atomic mass is 79.9. The van der Waals surface area contributed by atoms with Gasteiger partial charge in [0.1, 0.15) is 0 Å². The third-order valence-corrected chi connectivity index (χ3v) is 4.48. The molecule has 0 heterocycles. The lowest BCUT2D eigenvalue weighted by atomic mass is 10.1. The molecule has 1 aliphatic rings.